The van der Waals surface area contributed by atoms with Gasteiger partial charge >= 0.3 is 0 Å². The van der Waals surface area contributed by atoms with Gasteiger partial charge in [-0.2, -0.15) is 0 Å². The van der Waals surface area contributed by atoms with Crippen molar-refractivity contribution in [2.45, 2.75) is 31.2 Å². The molecule has 0 aromatic heterocycles. The molecule has 0 spiro atoms. The molecule has 3 rings (SSSR count). The molecule has 3 heteroatoms. The largest absolute Gasteiger partial charge is 0.339 e. The van der Waals surface area contributed by atoms with Crippen molar-refractivity contribution in [1.82, 2.24) is 4.90 Å². The van der Waals surface area contributed by atoms with Gasteiger partial charge in [-0.05, 0) is 30.4 Å². The first-order valence-electron chi connectivity index (χ1n) is 6.38. The summed E-state index contributed by atoms with van der Waals surface area (Å²) in [6.07, 6.45) is 3.22. The van der Waals surface area contributed by atoms with E-state index in [0.717, 1.165) is 32.4 Å². The highest BCUT2D eigenvalue weighted by Gasteiger charge is 2.34. The summed E-state index contributed by atoms with van der Waals surface area (Å²) in [6.45, 7) is 1.47. The number of aryl methyl sites for hydroxylation is 1. The Morgan fingerprint density at radius 3 is 2.82 bits per heavy atom. The molecule has 17 heavy (non-hydrogen) atoms. The lowest BCUT2D eigenvalue weighted by Crippen LogP contribution is -2.59. The summed E-state index contributed by atoms with van der Waals surface area (Å²) in [5, 5.41) is 0. The fourth-order valence-corrected chi connectivity index (χ4v) is 2.92. The molecule has 2 N–H and O–H groups in total. The van der Waals surface area contributed by atoms with Gasteiger partial charge in [0, 0.05) is 19.1 Å². The maximum atomic E-state index is 12.4. The van der Waals surface area contributed by atoms with Crippen LogP contribution >= 0.6 is 0 Å². The van der Waals surface area contributed by atoms with Crippen LogP contribution in [0.25, 0.3) is 0 Å². The van der Waals surface area contributed by atoms with Gasteiger partial charge in [-0.3, -0.25) is 4.79 Å². The molecule has 0 saturated carbocycles. The van der Waals surface area contributed by atoms with E-state index in [1.165, 1.54) is 11.1 Å². The fourth-order valence-electron chi connectivity index (χ4n) is 2.92. The van der Waals surface area contributed by atoms with Crippen molar-refractivity contribution >= 4 is 5.91 Å². The summed E-state index contributed by atoms with van der Waals surface area (Å²) in [5.74, 6) is 0.353. The zero-order valence-corrected chi connectivity index (χ0v) is 9.93. The number of amides is 1. The van der Waals surface area contributed by atoms with Crippen LogP contribution in [0.1, 0.15) is 29.9 Å². The Bertz CT molecular complexity index is 438. The lowest BCUT2D eigenvalue weighted by atomic mass is 9.81. The Kier molecular flexibility index (Phi) is 2.63. The SMILES string of the molecule is NC1CN(C(=O)C2CCCc3ccccc32)C1. The lowest BCUT2D eigenvalue weighted by molar-refractivity contribution is -0.137. The molecule has 1 unspecified atom stereocenters. The first-order valence-corrected chi connectivity index (χ1v) is 6.38. The molecule has 3 nitrogen and oxygen atoms in total. The van der Waals surface area contributed by atoms with Crippen molar-refractivity contribution in [3.8, 4) is 0 Å². The van der Waals surface area contributed by atoms with Crippen LogP contribution in [0.3, 0.4) is 0 Å². The van der Waals surface area contributed by atoms with Crippen molar-refractivity contribution in [3.63, 3.8) is 0 Å². The van der Waals surface area contributed by atoms with Crippen LogP contribution < -0.4 is 5.73 Å². The van der Waals surface area contributed by atoms with Crippen molar-refractivity contribution in [2.75, 3.05) is 13.1 Å². The molecule has 1 fully saturated rings. The van der Waals surface area contributed by atoms with Crippen molar-refractivity contribution in [3.05, 3.63) is 35.4 Å². The summed E-state index contributed by atoms with van der Waals surface area (Å²) in [4.78, 5) is 14.3. The molecule has 1 atom stereocenters. The Labute approximate surface area is 102 Å². The van der Waals surface area contributed by atoms with Gasteiger partial charge in [0.1, 0.15) is 0 Å². The van der Waals surface area contributed by atoms with Crippen molar-refractivity contribution in [1.29, 1.82) is 0 Å². The molecule has 0 bridgehead atoms. The first kappa shape index (κ1) is 10.8. The molecule has 90 valence electrons. The van der Waals surface area contributed by atoms with Crippen molar-refractivity contribution < 1.29 is 4.79 Å². The molecule has 2 aliphatic rings. The molecule has 1 heterocycles. The number of nitrogens with zero attached hydrogens (tertiary/aromatic N) is 1. The van der Waals surface area contributed by atoms with Crippen LogP contribution in [0.4, 0.5) is 0 Å². The zero-order valence-electron chi connectivity index (χ0n) is 9.93. The van der Waals surface area contributed by atoms with E-state index in [9.17, 15) is 4.79 Å². The summed E-state index contributed by atoms with van der Waals surface area (Å²) < 4.78 is 0. The van der Waals surface area contributed by atoms with E-state index < -0.39 is 0 Å². The van der Waals surface area contributed by atoms with Gasteiger partial charge in [-0.15, -0.1) is 0 Å². The number of nitrogens with two attached hydrogens (primary N) is 1. The monoisotopic (exact) mass is 230 g/mol. The average molecular weight is 230 g/mol. The molecule has 1 amide bonds. The summed E-state index contributed by atoms with van der Waals surface area (Å²) in [5.41, 5.74) is 8.33. The molecule has 0 radical (unpaired) electrons. The Balaban J connectivity index is 1.83. The highest BCUT2D eigenvalue weighted by molar-refractivity contribution is 5.85. The highest BCUT2D eigenvalue weighted by Crippen LogP contribution is 2.33. The van der Waals surface area contributed by atoms with Crippen LogP contribution in [0.15, 0.2) is 24.3 Å². The van der Waals surface area contributed by atoms with Gasteiger partial charge in [0.05, 0.1) is 5.92 Å². The second-order valence-electron chi connectivity index (χ2n) is 5.15. The van der Waals surface area contributed by atoms with E-state index in [1.54, 1.807) is 0 Å². The molecule has 1 aromatic carbocycles. The molecule has 1 aromatic rings. The fraction of sp³-hybridized carbons (Fsp3) is 0.500. The smallest absolute Gasteiger partial charge is 0.230 e. The summed E-state index contributed by atoms with van der Waals surface area (Å²) >= 11 is 0. The van der Waals surface area contributed by atoms with E-state index in [-0.39, 0.29) is 17.9 Å². The average Bonchev–Trinajstić information content (AvgIpc) is 2.33. The third-order valence-corrected chi connectivity index (χ3v) is 3.89. The van der Waals surface area contributed by atoms with Crippen LogP contribution in [-0.4, -0.2) is 29.9 Å². The van der Waals surface area contributed by atoms with E-state index >= 15 is 0 Å². The normalized spacial score (nSPS) is 24.1. The van der Waals surface area contributed by atoms with Gasteiger partial charge in [0.25, 0.3) is 0 Å². The van der Waals surface area contributed by atoms with E-state index in [4.69, 9.17) is 5.73 Å². The molecular formula is C14H18N2O. The first-order chi connectivity index (χ1) is 8.25. The van der Waals surface area contributed by atoms with Gasteiger partial charge in [0.2, 0.25) is 5.91 Å². The van der Waals surface area contributed by atoms with Crippen LogP contribution in [-0.2, 0) is 11.2 Å². The minimum Gasteiger partial charge on any atom is -0.339 e. The maximum Gasteiger partial charge on any atom is 0.230 e. The van der Waals surface area contributed by atoms with E-state index in [0.29, 0.717) is 0 Å². The van der Waals surface area contributed by atoms with Crippen LogP contribution in [0, 0.1) is 0 Å². The number of rotatable bonds is 1. The third kappa shape index (κ3) is 1.84. The molecular weight excluding hydrogens is 212 g/mol. The van der Waals surface area contributed by atoms with E-state index in [2.05, 4.69) is 18.2 Å². The number of fused-ring (bicyclic) bond motifs is 1. The number of hydrogen-bond acceptors (Lipinski definition) is 2. The van der Waals surface area contributed by atoms with Crippen LogP contribution in [0.5, 0.6) is 0 Å². The molecule has 1 aliphatic carbocycles. The maximum absolute atomic E-state index is 12.4. The number of carbonyl (C=O) groups is 1. The van der Waals surface area contributed by atoms with Crippen molar-refractivity contribution in [2.24, 2.45) is 5.73 Å². The quantitative estimate of drug-likeness (QED) is 0.790. The van der Waals surface area contributed by atoms with Gasteiger partial charge in [-0.1, -0.05) is 24.3 Å². The van der Waals surface area contributed by atoms with Gasteiger partial charge in [-0.25, -0.2) is 0 Å². The predicted molar refractivity (Wildman–Crippen MR) is 66.7 cm³/mol. The molecule has 1 saturated heterocycles. The Hall–Kier alpha value is -1.35. The third-order valence-electron chi connectivity index (χ3n) is 3.89. The zero-order chi connectivity index (χ0) is 11.8. The Morgan fingerprint density at radius 1 is 1.29 bits per heavy atom. The minimum absolute atomic E-state index is 0.0763. The van der Waals surface area contributed by atoms with Gasteiger partial charge in [0.15, 0.2) is 0 Å². The van der Waals surface area contributed by atoms with Gasteiger partial charge < -0.3 is 10.6 Å². The second kappa shape index (κ2) is 4.15. The number of carbonyl (C=O) groups excluding carboxylic acids is 1. The standard InChI is InChI=1S/C14H18N2O/c15-11-8-16(9-11)14(17)13-7-3-5-10-4-1-2-6-12(10)13/h1-2,4,6,11,13H,3,5,7-9,15H2. The number of benzene rings is 1. The number of likely N-dealkylation sites (tertiary alicyclic amines) is 1. The highest BCUT2D eigenvalue weighted by atomic mass is 16.2. The lowest BCUT2D eigenvalue weighted by Gasteiger charge is -2.40. The topological polar surface area (TPSA) is 46.3 Å². The second-order valence-corrected chi connectivity index (χ2v) is 5.15. The molecule has 1 aliphatic heterocycles. The minimum atomic E-state index is 0.0763. The number of hydrogen-bond donors (Lipinski definition) is 1. The summed E-state index contributed by atoms with van der Waals surface area (Å²) in [6, 6.07) is 8.54. The summed E-state index contributed by atoms with van der Waals surface area (Å²) in [7, 11) is 0. The van der Waals surface area contributed by atoms with Crippen LogP contribution in [0.2, 0.25) is 0 Å². The Morgan fingerprint density at radius 2 is 2.06 bits per heavy atom. The predicted octanol–water partition coefficient (Wildman–Crippen LogP) is 1.28. The van der Waals surface area contributed by atoms with E-state index in [1.807, 2.05) is 11.0 Å².